The number of hydrogen-bond acceptors (Lipinski definition) is 7. The minimum atomic E-state index is -6.60. The molecule has 0 aromatic carbocycles. The molecule has 0 aromatic heterocycles. The fourth-order valence-corrected chi connectivity index (χ4v) is 2.62. The van der Waals surface area contributed by atoms with E-state index in [0.29, 0.717) is 0 Å². The maximum atomic E-state index is 11.5. The second-order valence-electron chi connectivity index (χ2n) is 3.72. The lowest BCUT2D eigenvalue weighted by atomic mass is 10.6. The largest absolute Gasteiger partial charge is 0.512 e. The standard InChI is InChI=1S/C6H15NO2.C2HF6NO4S2/c1-8-5-3-7-4-6-9-2;3-1(4,5)14(10,11)9-15(12,13)2(6,7)8/h7H,3-6H2,1-2H3;9H. The van der Waals surface area contributed by atoms with E-state index in [9.17, 15) is 43.2 Å². The molecule has 24 heavy (non-hydrogen) atoms. The number of alkyl halides is 6. The smallest absolute Gasteiger partial charge is 0.383 e. The Morgan fingerprint density at radius 2 is 1.04 bits per heavy atom. The van der Waals surface area contributed by atoms with E-state index >= 15 is 0 Å². The van der Waals surface area contributed by atoms with Crippen LogP contribution in [0.4, 0.5) is 26.3 Å². The lowest BCUT2D eigenvalue weighted by Crippen LogP contribution is -2.45. The maximum absolute atomic E-state index is 11.5. The van der Waals surface area contributed by atoms with Crippen molar-refractivity contribution in [2.75, 3.05) is 40.5 Å². The summed E-state index contributed by atoms with van der Waals surface area (Å²) in [6.07, 6.45) is 0. The molecule has 0 amide bonds. The molecule has 0 heterocycles. The van der Waals surface area contributed by atoms with Crippen molar-refractivity contribution in [3.05, 3.63) is 0 Å². The Morgan fingerprint density at radius 1 is 0.750 bits per heavy atom. The number of rotatable bonds is 8. The monoisotopic (exact) mass is 414 g/mol. The predicted molar refractivity (Wildman–Crippen MR) is 69.7 cm³/mol. The summed E-state index contributed by atoms with van der Waals surface area (Å²) in [7, 11) is -9.81. The van der Waals surface area contributed by atoms with Crippen LogP contribution in [-0.4, -0.2) is 68.4 Å². The van der Waals surface area contributed by atoms with Crippen molar-refractivity contribution < 1.29 is 52.7 Å². The summed E-state index contributed by atoms with van der Waals surface area (Å²) in [5, 5.41) is 3.14. The Hall–Kier alpha value is -0.680. The molecule has 0 radical (unpaired) electrons. The summed E-state index contributed by atoms with van der Waals surface area (Å²) in [5.41, 5.74) is -12.3. The third-order valence-electron chi connectivity index (χ3n) is 1.79. The van der Waals surface area contributed by atoms with Gasteiger partial charge in [-0.15, -0.1) is 0 Å². The van der Waals surface area contributed by atoms with Crippen LogP contribution in [0.2, 0.25) is 0 Å². The molecule has 2 N–H and O–H groups in total. The first-order chi connectivity index (χ1) is 10.6. The molecule has 0 aliphatic heterocycles. The van der Waals surface area contributed by atoms with Gasteiger partial charge in [0, 0.05) is 27.3 Å². The van der Waals surface area contributed by atoms with Gasteiger partial charge in [0.2, 0.25) is 0 Å². The second kappa shape index (κ2) is 10.3. The predicted octanol–water partition coefficient (Wildman–Crippen LogP) is 0.144. The lowest BCUT2D eigenvalue weighted by Gasteiger charge is -2.11. The summed E-state index contributed by atoms with van der Waals surface area (Å²) >= 11 is 0. The topological polar surface area (TPSA) is 111 Å². The molecule has 0 saturated carbocycles. The highest BCUT2D eigenvalue weighted by Gasteiger charge is 2.55. The summed E-state index contributed by atoms with van der Waals surface area (Å²) < 4.78 is 118. The molecule has 148 valence electrons. The molecule has 0 spiro atoms. The number of nitrogens with one attached hydrogen (secondary N) is 2. The van der Waals surface area contributed by atoms with E-state index in [2.05, 4.69) is 5.32 Å². The van der Waals surface area contributed by atoms with Gasteiger partial charge in [-0.1, -0.05) is 4.13 Å². The van der Waals surface area contributed by atoms with Crippen LogP contribution in [0.5, 0.6) is 0 Å². The second-order valence-corrected chi connectivity index (χ2v) is 7.32. The Bertz CT molecular complexity index is 496. The van der Waals surface area contributed by atoms with Gasteiger partial charge in [0.05, 0.1) is 13.2 Å². The van der Waals surface area contributed by atoms with Crippen molar-refractivity contribution in [1.29, 1.82) is 0 Å². The average Bonchev–Trinajstić information content (AvgIpc) is 2.35. The van der Waals surface area contributed by atoms with Gasteiger partial charge in [0.15, 0.2) is 0 Å². The van der Waals surface area contributed by atoms with Gasteiger partial charge in [0.25, 0.3) is 0 Å². The van der Waals surface area contributed by atoms with Crippen LogP contribution >= 0.6 is 0 Å². The van der Waals surface area contributed by atoms with E-state index in [1.54, 1.807) is 14.2 Å². The summed E-state index contributed by atoms with van der Waals surface area (Å²) in [4.78, 5) is 0. The third kappa shape index (κ3) is 10.2. The first-order valence-electron chi connectivity index (χ1n) is 5.72. The van der Waals surface area contributed by atoms with E-state index < -0.39 is 35.2 Å². The zero-order chi connectivity index (χ0) is 19.7. The van der Waals surface area contributed by atoms with Gasteiger partial charge in [-0.25, -0.2) is 16.8 Å². The SMILES string of the molecule is COCCNCCOC.O=S(=O)(NS(=O)(=O)C(F)(F)F)C(F)(F)F. The van der Waals surface area contributed by atoms with Crippen LogP contribution in [-0.2, 0) is 29.5 Å². The van der Waals surface area contributed by atoms with E-state index in [-0.39, 0.29) is 0 Å². The number of ether oxygens (including phenoxy) is 2. The van der Waals surface area contributed by atoms with Crippen molar-refractivity contribution in [1.82, 2.24) is 9.44 Å². The molecule has 0 atom stereocenters. The van der Waals surface area contributed by atoms with E-state index in [1.807, 2.05) is 0 Å². The number of halogens is 6. The molecule has 0 unspecified atom stereocenters. The molecular weight excluding hydrogens is 398 g/mol. The van der Waals surface area contributed by atoms with Crippen molar-refractivity contribution in [3.8, 4) is 0 Å². The highest BCUT2D eigenvalue weighted by atomic mass is 32.3. The molecular formula is C8H16F6N2O6S2. The maximum Gasteiger partial charge on any atom is 0.512 e. The summed E-state index contributed by atoms with van der Waals surface area (Å²) in [5.74, 6) is 0. The van der Waals surface area contributed by atoms with Crippen LogP contribution < -0.4 is 9.44 Å². The molecule has 0 rings (SSSR count). The van der Waals surface area contributed by atoms with Gasteiger partial charge >= 0.3 is 31.1 Å². The fraction of sp³-hybridized carbons (Fsp3) is 1.00. The van der Waals surface area contributed by atoms with Gasteiger partial charge in [-0.3, -0.25) is 0 Å². The van der Waals surface area contributed by atoms with Gasteiger partial charge in [-0.2, -0.15) is 26.3 Å². The van der Waals surface area contributed by atoms with Crippen LogP contribution in [0, 0.1) is 0 Å². The third-order valence-corrected chi connectivity index (χ3v) is 4.77. The van der Waals surface area contributed by atoms with Gasteiger partial charge < -0.3 is 14.8 Å². The van der Waals surface area contributed by atoms with Crippen molar-refractivity contribution in [3.63, 3.8) is 0 Å². The van der Waals surface area contributed by atoms with Crippen LogP contribution in [0.25, 0.3) is 0 Å². The Balaban J connectivity index is 0. The van der Waals surface area contributed by atoms with E-state index in [1.165, 1.54) is 0 Å². The van der Waals surface area contributed by atoms with Crippen LogP contribution in [0.3, 0.4) is 0 Å². The fourth-order valence-electron chi connectivity index (χ4n) is 0.712. The number of sulfonamides is 2. The minimum Gasteiger partial charge on any atom is -0.383 e. The van der Waals surface area contributed by atoms with Gasteiger partial charge in [-0.05, 0) is 0 Å². The Morgan fingerprint density at radius 3 is 1.25 bits per heavy atom. The first kappa shape index (κ1) is 25.6. The average molecular weight is 414 g/mol. The first-order valence-corrected chi connectivity index (χ1v) is 8.68. The number of hydrogen-bond donors (Lipinski definition) is 2. The zero-order valence-corrected chi connectivity index (χ0v) is 14.0. The summed E-state index contributed by atoms with van der Waals surface area (Å²) in [6.45, 7) is 3.34. The van der Waals surface area contributed by atoms with E-state index in [4.69, 9.17) is 9.47 Å². The minimum absolute atomic E-state index is 0.493. The van der Waals surface area contributed by atoms with Crippen molar-refractivity contribution in [2.24, 2.45) is 0 Å². The molecule has 0 fully saturated rings. The lowest BCUT2D eigenvalue weighted by molar-refractivity contribution is -0.0476. The highest BCUT2D eigenvalue weighted by molar-refractivity contribution is 8.05. The zero-order valence-electron chi connectivity index (χ0n) is 12.4. The highest BCUT2D eigenvalue weighted by Crippen LogP contribution is 2.27. The summed E-state index contributed by atoms with van der Waals surface area (Å²) in [6, 6.07) is 0. The molecule has 0 aromatic rings. The van der Waals surface area contributed by atoms with Crippen LogP contribution in [0.15, 0.2) is 0 Å². The Labute approximate surface area is 134 Å². The Kier molecular flexibility index (Phi) is 11.0. The normalized spacial score (nSPS) is 13.3. The van der Waals surface area contributed by atoms with Crippen molar-refractivity contribution >= 4 is 20.0 Å². The van der Waals surface area contributed by atoms with Gasteiger partial charge in [0.1, 0.15) is 0 Å². The molecule has 8 nitrogen and oxygen atoms in total. The molecule has 0 aliphatic carbocycles. The quantitative estimate of drug-likeness (QED) is 0.430. The molecule has 16 heteroatoms. The molecule has 0 aliphatic rings. The van der Waals surface area contributed by atoms with Crippen molar-refractivity contribution in [2.45, 2.75) is 11.0 Å². The molecule has 0 bridgehead atoms. The van der Waals surface area contributed by atoms with Crippen LogP contribution in [0.1, 0.15) is 0 Å². The number of methoxy groups -OCH3 is 2. The van der Waals surface area contributed by atoms with E-state index in [0.717, 1.165) is 26.3 Å². The molecule has 0 saturated heterocycles.